The summed E-state index contributed by atoms with van der Waals surface area (Å²) in [6.45, 7) is 4.57. The average Bonchev–Trinajstić information content (AvgIpc) is 1.94. The molecule has 0 saturated heterocycles. The van der Waals surface area contributed by atoms with E-state index in [1.165, 1.54) is 231 Å². The molecule has 0 aliphatic carbocycles. The highest BCUT2D eigenvalue weighted by Gasteiger charge is 2.23. The van der Waals surface area contributed by atoms with E-state index in [9.17, 15) is 19.4 Å². The number of nitrogens with one attached hydrogen (secondary N) is 1. The Morgan fingerprint density at radius 1 is 0.387 bits per heavy atom. The van der Waals surface area contributed by atoms with Crippen LogP contribution in [0.1, 0.15) is 354 Å². The van der Waals surface area contributed by atoms with Crippen molar-refractivity contribution in [1.29, 1.82) is 0 Å². The molecule has 0 aliphatic heterocycles. The lowest BCUT2D eigenvalue weighted by Crippen LogP contribution is -2.45. The van der Waals surface area contributed by atoms with Crippen LogP contribution in [0, 0.1) is 0 Å². The standard InChI is InChI=1S/C84H151N2O6P/c1-6-8-10-12-14-16-18-20-22-24-26-28-30-32-34-36-38-40-41-42-43-44-45-46-48-50-52-54-56-58-60-62-64-66-68-70-72-74-76-78-84(88)85-82(81-92-93(89,90)91-80-79-86(3,4)5)83(87)77-75-73-71-69-67-65-63-61-59-57-55-53-51-49-47-39-37-35-33-31-29-27-25-23-21-19-17-15-13-11-9-7-2/h8,10,14,16,20,22,26,28,32,34,38,40,42-43,45-46,50,52,75,77,82-83,87H,6-7,9,11-13,15,17-19,21,23-25,27,29-31,33,35-37,39,41,44,47-49,51,53-74,76,78-81H2,1-5H3,(H-,85,88,89,90)/b10-8-,16-14-,22-20-,28-26-,34-32-,40-38-,43-42-,46-45-,52-50-,77-75+. The first-order valence-electron chi connectivity index (χ1n) is 39.4. The van der Waals surface area contributed by atoms with Gasteiger partial charge in [0.15, 0.2) is 0 Å². The molecule has 1 amide bonds. The molecule has 3 atom stereocenters. The Balaban J connectivity index is 4.05. The number of rotatable bonds is 72. The number of nitrogens with zero attached hydrogens (tertiary/aromatic N) is 1. The van der Waals surface area contributed by atoms with Crippen molar-refractivity contribution in [3.63, 3.8) is 0 Å². The van der Waals surface area contributed by atoms with Crippen LogP contribution in [0.15, 0.2) is 122 Å². The third-order valence-corrected chi connectivity index (χ3v) is 18.4. The molecule has 0 aliphatic rings. The summed E-state index contributed by atoms with van der Waals surface area (Å²) in [7, 11) is 1.26. The smallest absolute Gasteiger partial charge is 0.268 e. The molecule has 3 unspecified atom stereocenters. The van der Waals surface area contributed by atoms with Crippen LogP contribution in [0.4, 0.5) is 0 Å². The third-order valence-electron chi connectivity index (χ3n) is 17.4. The number of hydrogen-bond acceptors (Lipinski definition) is 6. The van der Waals surface area contributed by atoms with Gasteiger partial charge in [0.1, 0.15) is 13.2 Å². The molecular formula is C84H151N2O6P. The van der Waals surface area contributed by atoms with E-state index in [1.807, 2.05) is 27.2 Å². The molecule has 93 heavy (non-hydrogen) atoms. The normalized spacial score (nSPS) is 14.2. The molecular weight excluding hydrogens is 1160 g/mol. The number of amides is 1. The summed E-state index contributed by atoms with van der Waals surface area (Å²) in [5, 5.41) is 14.0. The topological polar surface area (TPSA) is 108 Å². The molecule has 0 aromatic heterocycles. The largest absolute Gasteiger partial charge is 0.756 e. The number of carbonyl (C=O) groups excluding carboxylic acids is 1. The minimum Gasteiger partial charge on any atom is -0.756 e. The van der Waals surface area contributed by atoms with E-state index in [1.54, 1.807) is 6.08 Å². The molecule has 0 aromatic carbocycles. The van der Waals surface area contributed by atoms with Crippen LogP contribution in [0.3, 0.4) is 0 Å². The van der Waals surface area contributed by atoms with Gasteiger partial charge in [-0.3, -0.25) is 9.36 Å². The number of allylic oxidation sites excluding steroid dienone is 19. The van der Waals surface area contributed by atoms with E-state index in [4.69, 9.17) is 9.05 Å². The first kappa shape index (κ1) is 89.9. The minimum atomic E-state index is -4.62. The Kier molecular flexibility index (Phi) is 70.7. The zero-order chi connectivity index (χ0) is 67.6. The van der Waals surface area contributed by atoms with Gasteiger partial charge in [-0.25, -0.2) is 0 Å². The Morgan fingerprint density at radius 3 is 0.957 bits per heavy atom. The molecule has 2 N–H and O–H groups in total. The van der Waals surface area contributed by atoms with Crippen LogP contribution in [-0.4, -0.2) is 68.5 Å². The maximum atomic E-state index is 13.1. The number of unbranched alkanes of at least 4 members (excludes halogenated alkanes) is 41. The highest BCUT2D eigenvalue weighted by Crippen LogP contribution is 2.38. The second-order valence-corrected chi connectivity index (χ2v) is 29.1. The van der Waals surface area contributed by atoms with Crippen LogP contribution in [0.5, 0.6) is 0 Å². The van der Waals surface area contributed by atoms with Gasteiger partial charge in [-0.2, -0.15) is 0 Å². The molecule has 0 spiro atoms. The van der Waals surface area contributed by atoms with Crippen LogP contribution in [-0.2, 0) is 18.4 Å². The molecule has 9 heteroatoms. The van der Waals surface area contributed by atoms with Crippen LogP contribution >= 0.6 is 7.82 Å². The predicted octanol–water partition coefficient (Wildman–Crippen LogP) is 25.3. The van der Waals surface area contributed by atoms with Crippen molar-refractivity contribution in [2.75, 3.05) is 40.9 Å². The fourth-order valence-electron chi connectivity index (χ4n) is 11.4. The van der Waals surface area contributed by atoms with E-state index in [-0.39, 0.29) is 19.1 Å². The summed E-state index contributed by atoms with van der Waals surface area (Å²) in [4.78, 5) is 25.7. The first-order chi connectivity index (χ1) is 45.5. The summed E-state index contributed by atoms with van der Waals surface area (Å²) < 4.78 is 23.5. The minimum absolute atomic E-state index is 0.00569. The Hall–Kier alpha value is -3.10. The van der Waals surface area contributed by atoms with E-state index in [0.717, 1.165) is 103 Å². The molecule has 0 rings (SSSR count). The van der Waals surface area contributed by atoms with Crippen molar-refractivity contribution in [3.8, 4) is 0 Å². The highest BCUT2D eigenvalue weighted by atomic mass is 31.2. The van der Waals surface area contributed by atoms with E-state index >= 15 is 0 Å². The SMILES string of the molecule is CC/C=C\C/C=C\C/C=C\C/C=C\C/C=C\C/C=C\C/C=C\C/C=C\C/C=C\CCCCCCCCCCCCCC(=O)NC(COP(=O)([O-])OCC[N+](C)(C)C)C(O)/C=C/CCCCCCCCCCCCCCCCCCCCCCCCCCCCCCCC. The third kappa shape index (κ3) is 76.1. The van der Waals surface area contributed by atoms with Crippen LogP contribution in [0.2, 0.25) is 0 Å². The number of phosphoric acid groups is 1. The van der Waals surface area contributed by atoms with Gasteiger partial charge in [0.05, 0.1) is 39.9 Å². The number of aliphatic hydroxyl groups is 1. The Morgan fingerprint density at radius 2 is 0.656 bits per heavy atom. The lowest BCUT2D eigenvalue weighted by molar-refractivity contribution is -0.870. The predicted molar refractivity (Wildman–Crippen MR) is 408 cm³/mol. The van der Waals surface area contributed by atoms with E-state index < -0.39 is 20.0 Å². The number of hydrogen-bond donors (Lipinski definition) is 2. The van der Waals surface area contributed by atoms with Gasteiger partial charge < -0.3 is 28.8 Å². The Labute approximate surface area is 577 Å². The summed E-state index contributed by atoms with van der Waals surface area (Å²) in [5.41, 5.74) is 0. The maximum Gasteiger partial charge on any atom is 0.268 e. The molecule has 0 bridgehead atoms. The van der Waals surface area contributed by atoms with Crippen molar-refractivity contribution in [2.45, 2.75) is 366 Å². The van der Waals surface area contributed by atoms with E-state index in [2.05, 4.69) is 129 Å². The van der Waals surface area contributed by atoms with Gasteiger partial charge in [-0.05, 0) is 89.9 Å². The van der Waals surface area contributed by atoms with Crippen LogP contribution < -0.4 is 10.2 Å². The van der Waals surface area contributed by atoms with Crippen molar-refractivity contribution >= 4 is 13.7 Å². The van der Waals surface area contributed by atoms with Crippen molar-refractivity contribution in [3.05, 3.63) is 122 Å². The zero-order valence-corrected chi connectivity index (χ0v) is 62.6. The monoisotopic (exact) mass is 1320 g/mol. The fraction of sp³-hybridized carbons (Fsp3) is 0.750. The number of quaternary nitrogens is 1. The lowest BCUT2D eigenvalue weighted by Gasteiger charge is -2.29. The van der Waals surface area contributed by atoms with Gasteiger partial charge in [0.25, 0.3) is 7.82 Å². The summed E-state index contributed by atoms with van der Waals surface area (Å²) in [6, 6.07) is -0.898. The molecule has 0 heterocycles. The van der Waals surface area contributed by atoms with Gasteiger partial charge >= 0.3 is 0 Å². The quantitative estimate of drug-likeness (QED) is 0.0272. The molecule has 0 aromatic rings. The van der Waals surface area contributed by atoms with Crippen molar-refractivity contribution < 1.29 is 32.9 Å². The van der Waals surface area contributed by atoms with Crippen molar-refractivity contribution in [1.82, 2.24) is 5.32 Å². The second kappa shape index (κ2) is 73.2. The van der Waals surface area contributed by atoms with E-state index in [0.29, 0.717) is 17.4 Å². The maximum absolute atomic E-state index is 13.1. The number of carbonyl (C=O) groups is 1. The average molecular weight is 1320 g/mol. The molecule has 538 valence electrons. The van der Waals surface area contributed by atoms with Gasteiger partial charge in [-0.15, -0.1) is 0 Å². The lowest BCUT2D eigenvalue weighted by atomic mass is 10.0. The van der Waals surface area contributed by atoms with Gasteiger partial charge in [0, 0.05) is 6.42 Å². The summed E-state index contributed by atoms with van der Waals surface area (Å²) in [5.74, 6) is -0.201. The highest BCUT2D eigenvalue weighted by molar-refractivity contribution is 7.45. The number of aliphatic hydroxyl groups excluding tert-OH is 1. The fourth-order valence-corrected chi connectivity index (χ4v) is 12.1. The molecule has 8 nitrogen and oxygen atoms in total. The summed E-state index contributed by atoms with van der Waals surface area (Å²) >= 11 is 0. The first-order valence-corrected chi connectivity index (χ1v) is 40.9. The number of phosphoric ester groups is 1. The summed E-state index contributed by atoms with van der Waals surface area (Å²) in [6.07, 6.45) is 109. The van der Waals surface area contributed by atoms with Gasteiger partial charge in [0.2, 0.25) is 5.91 Å². The molecule has 0 fully saturated rings. The van der Waals surface area contributed by atoms with Crippen LogP contribution in [0.25, 0.3) is 0 Å². The second-order valence-electron chi connectivity index (χ2n) is 27.7. The molecule has 0 radical (unpaired) electrons. The Bertz CT molecular complexity index is 1940. The van der Waals surface area contributed by atoms with Crippen molar-refractivity contribution in [2.24, 2.45) is 0 Å². The molecule has 0 saturated carbocycles. The zero-order valence-electron chi connectivity index (χ0n) is 61.7. The number of likely N-dealkylation sites (N-methyl/N-ethyl adjacent to an activating group) is 1. The van der Waals surface area contributed by atoms with Gasteiger partial charge in [-0.1, -0.05) is 379 Å².